The SMILES string of the molecule is CCN(N[C@H](CC(=O)O)Cc1c[nH]c2ccccc12)[C@@H](CC(=O)N(C)Cc1ccccc1)c1ccccc1. The van der Waals surface area contributed by atoms with Crippen molar-refractivity contribution < 1.29 is 14.7 Å². The van der Waals surface area contributed by atoms with Crippen molar-refractivity contribution in [1.82, 2.24) is 20.3 Å². The number of fused-ring (bicyclic) bond motifs is 1. The fourth-order valence-corrected chi connectivity index (χ4v) is 4.93. The van der Waals surface area contributed by atoms with E-state index < -0.39 is 5.97 Å². The fourth-order valence-electron chi connectivity index (χ4n) is 4.93. The first-order valence-electron chi connectivity index (χ1n) is 13.1. The Hall–Kier alpha value is -3.94. The van der Waals surface area contributed by atoms with Crippen LogP contribution >= 0.6 is 0 Å². The molecule has 1 aromatic heterocycles. The van der Waals surface area contributed by atoms with E-state index in [0.717, 1.165) is 27.6 Å². The lowest BCUT2D eigenvalue weighted by Crippen LogP contribution is -2.49. The van der Waals surface area contributed by atoms with E-state index in [2.05, 4.69) is 10.4 Å². The lowest BCUT2D eigenvalue weighted by atomic mass is 10.0. The van der Waals surface area contributed by atoms with Gasteiger partial charge in [0.2, 0.25) is 5.91 Å². The average molecular weight is 513 g/mol. The number of para-hydroxylation sites is 1. The number of aromatic amines is 1. The molecule has 2 atom stereocenters. The number of nitrogens with zero attached hydrogens (tertiary/aromatic N) is 2. The number of carbonyl (C=O) groups excluding carboxylic acids is 1. The van der Waals surface area contributed by atoms with Gasteiger partial charge in [-0.05, 0) is 29.2 Å². The third kappa shape index (κ3) is 7.09. The standard InChI is InChI=1S/C31H36N4O3/c1-3-35(33-26(19-31(37)38)18-25-21-32-28-17-11-10-16-27(25)28)29(24-14-8-5-9-15-24)20-30(36)34(2)22-23-12-6-4-7-13-23/h4-17,21,26,29,32-33H,3,18-20,22H2,1-2H3,(H,37,38)/t26-,29-/m0/s1. The van der Waals surface area contributed by atoms with Crippen molar-refractivity contribution >= 4 is 22.8 Å². The second kappa shape index (κ2) is 13.0. The number of carbonyl (C=O) groups is 2. The zero-order chi connectivity index (χ0) is 26.9. The largest absolute Gasteiger partial charge is 0.481 e. The lowest BCUT2D eigenvalue weighted by molar-refractivity contribution is -0.138. The summed E-state index contributed by atoms with van der Waals surface area (Å²) < 4.78 is 0. The topological polar surface area (TPSA) is 88.7 Å². The van der Waals surface area contributed by atoms with Crippen molar-refractivity contribution in [2.24, 2.45) is 0 Å². The van der Waals surface area contributed by atoms with Gasteiger partial charge in [-0.1, -0.05) is 85.8 Å². The highest BCUT2D eigenvalue weighted by Crippen LogP contribution is 2.26. The lowest BCUT2D eigenvalue weighted by Gasteiger charge is -2.35. The number of aliphatic carboxylic acids is 1. The molecule has 0 aliphatic carbocycles. The van der Waals surface area contributed by atoms with Crippen LogP contribution in [0.15, 0.2) is 91.1 Å². The van der Waals surface area contributed by atoms with E-state index in [1.165, 1.54) is 0 Å². The molecule has 3 N–H and O–H groups in total. The van der Waals surface area contributed by atoms with Crippen LogP contribution in [0.3, 0.4) is 0 Å². The Labute approximate surface area is 224 Å². The Bertz CT molecular complexity index is 1320. The molecule has 0 spiro atoms. The van der Waals surface area contributed by atoms with Crippen LogP contribution in [0.25, 0.3) is 10.9 Å². The molecule has 0 aliphatic rings. The van der Waals surface area contributed by atoms with Crippen LogP contribution in [-0.4, -0.2) is 51.5 Å². The number of amides is 1. The van der Waals surface area contributed by atoms with E-state index in [-0.39, 0.29) is 30.8 Å². The second-order valence-electron chi connectivity index (χ2n) is 9.64. The quantitative estimate of drug-likeness (QED) is 0.215. The molecule has 0 radical (unpaired) electrons. The van der Waals surface area contributed by atoms with Crippen molar-refractivity contribution in [1.29, 1.82) is 0 Å². The summed E-state index contributed by atoms with van der Waals surface area (Å²) in [7, 11) is 1.82. The minimum absolute atomic E-state index is 0.0226. The summed E-state index contributed by atoms with van der Waals surface area (Å²) in [6.07, 6.45) is 2.71. The van der Waals surface area contributed by atoms with Crippen LogP contribution in [0.4, 0.5) is 0 Å². The third-order valence-electron chi connectivity index (χ3n) is 6.87. The number of nitrogens with one attached hydrogen (secondary N) is 2. The van der Waals surface area contributed by atoms with Crippen molar-refractivity contribution in [2.75, 3.05) is 13.6 Å². The summed E-state index contributed by atoms with van der Waals surface area (Å²) in [4.78, 5) is 30.2. The number of hydrogen-bond donors (Lipinski definition) is 3. The molecular weight excluding hydrogens is 476 g/mol. The highest BCUT2D eigenvalue weighted by molar-refractivity contribution is 5.83. The molecule has 3 aromatic carbocycles. The Morgan fingerprint density at radius 2 is 1.58 bits per heavy atom. The maximum Gasteiger partial charge on any atom is 0.304 e. The third-order valence-corrected chi connectivity index (χ3v) is 6.87. The molecule has 7 heteroatoms. The predicted molar refractivity (Wildman–Crippen MR) is 150 cm³/mol. The molecule has 0 aliphatic heterocycles. The van der Waals surface area contributed by atoms with Gasteiger partial charge >= 0.3 is 5.97 Å². The number of rotatable bonds is 13. The molecule has 0 saturated carbocycles. The number of hydrazine groups is 1. The summed E-state index contributed by atoms with van der Waals surface area (Å²) >= 11 is 0. The number of carboxylic acid groups (broad SMARTS) is 1. The van der Waals surface area contributed by atoms with Gasteiger partial charge in [0.25, 0.3) is 0 Å². The molecule has 38 heavy (non-hydrogen) atoms. The highest BCUT2D eigenvalue weighted by atomic mass is 16.4. The van der Waals surface area contributed by atoms with Gasteiger partial charge in [-0.15, -0.1) is 0 Å². The fraction of sp³-hybridized carbons (Fsp3) is 0.290. The van der Waals surface area contributed by atoms with Crippen LogP contribution in [0.1, 0.15) is 42.5 Å². The Balaban J connectivity index is 1.55. The van der Waals surface area contributed by atoms with E-state index >= 15 is 0 Å². The highest BCUT2D eigenvalue weighted by Gasteiger charge is 2.27. The molecule has 0 saturated heterocycles. The van der Waals surface area contributed by atoms with Crippen molar-refractivity contribution in [3.05, 3.63) is 108 Å². The normalized spacial score (nSPS) is 12.9. The zero-order valence-corrected chi connectivity index (χ0v) is 22.0. The van der Waals surface area contributed by atoms with Gasteiger partial charge in [-0.3, -0.25) is 15.0 Å². The molecule has 4 aromatic rings. The minimum atomic E-state index is -0.867. The van der Waals surface area contributed by atoms with E-state index in [1.807, 2.05) is 110 Å². The summed E-state index contributed by atoms with van der Waals surface area (Å²) in [6.45, 7) is 3.15. The molecule has 7 nitrogen and oxygen atoms in total. The molecule has 4 rings (SSSR count). The van der Waals surface area contributed by atoms with Crippen molar-refractivity contribution in [3.63, 3.8) is 0 Å². The Kier molecular flexibility index (Phi) is 9.30. The van der Waals surface area contributed by atoms with Gasteiger partial charge in [0.05, 0.1) is 12.5 Å². The second-order valence-corrected chi connectivity index (χ2v) is 9.64. The van der Waals surface area contributed by atoms with Crippen LogP contribution < -0.4 is 5.43 Å². The first kappa shape index (κ1) is 27.1. The summed E-state index contributed by atoms with van der Waals surface area (Å²) in [5.41, 5.74) is 7.66. The minimum Gasteiger partial charge on any atom is -0.481 e. The van der Waals surface area contributed by atoms with Gasteiger partial charge in [0.1, 0.15) is 0 Å². The van der Waals surface area contributed by atoms with Gasteiger partial charge in [-0.2, -0.15) is 0 Å². The maximum atomic E-state index is 13.4. The van der Waals surface area contributed by atoms with E-state index in [1.54, 1.807) is 4.90 Å². The van der Waals surface area contributed by atoms with Crippen LogP contribution in [-0.2, 0) is 22.6 Å². The zero-order valence-electron chi connectivity index (χ0n) is 22.0. The molecule has 198 valence electrons. The number of H-pyrrole nitrogens is 1. The number of aromatic nitrogens is 1. The smallest absolute Gasteiger partial charge is 0.304 e. The van der Waals surface area contributed by atoms with Crippen molar-refractivity contribution in [2.45, 2.75) is 44.8 Å². The van der Waals surface area contributed by atoms with Crippen LogP contribution in [0.5, 0.6) is 0 Å². The van der Waals surface area contributed by atoms with E-state index in [0.29, 0.717) is 19.5 Å². The van der Waals surface area contributed by atoms with Crippen LogP contribution in [0.2, 0.25) is 0 Å². The predicted octanol–water partition coefficient (Wildman–Crippen LogP) is 5.17. The van der Waals surface area contributed by atoms with Crippen LogP contribution in [0, 0.1) is 0 Å². The Morgan fingerprint density at radius 3 is 2.26 bits per heavy atom. The molecule has 0 bridgehead atoms. The van der Waals surface area contributed by atoms with Gasteiger partial charge in [-0.25, -0.2) is 5.01 Å². The molecule has 0 unspecified atom stereocenters. The summed E-state index contributed by atoms with van der Waals surface area (Å²) in [5.74, 6) is -0.845. The number of benzene rings is 3. The summed E-state index contributed by atoms with van der Waals surface area (Å²) in [5, 5.41) is 12.8. The number of hydrogen-bond acceptors (Lipinski definition) is 4. The van der Waals surface area contributed by atoms with E-state index in [4.69, 9.17) is 0 Å². The molecule has 0 fully saturated rings. The first-order valence-corrected chi connectivity index (χ1v) is 13.1. The monoisotopic (exact) mass is 512 g/mol. The molecule has 1 amide bonds. The van der Waals surface area contributed by atoms with Gasteiger partial charge < -0.3 is 15.0 Å². The van der Waals surface area contributed by atoms with Crippen molar-refractivity contribution in [3.8, 4) is 0 Å². The molecular formula is C31H36N4O3. The van der Waals surface area contributed by atoms with Gasteiger partial charge in [0.15, 0.2) is 0 Å². The molecule has 1 heterocycles. The summed E-state index contributed by atoms with van der Waals surface area (Å²) in [6, 6.07) is 27.3. The Morgan fingerprint density at radius 1 is 0.921 bits per heavy atom. The van der Waals surface area contributed by atoms with Gasteiger partial charge in [0, 0.05) is 49.7 Å². The average Bonchev–Trinajstić information content (AvgIpc) is 3.33. The maximum absolute atomic E-state index is 13.4. The van der Waals surface area contributed by atoms with E-state index in [9.17, 15) is 14.7 Å². The number of carboxylic acids is 1. The first-order chi connectivity index (χ1) is 18.4.